The van der Waals surface area contributed by atoms with E-state index in [0.29, 0.717) is 25.2 Å². The molecule has 0 aliphatic carbocycles. The minimum Gasteiger partial charge on any atom is -0.497 e. The standard InChI is InChI=1S/C18H22O5/c1-4-21-17(19)12(2)18-11-15(23-16(18)9-10-22-18)13-5-7-14(20-3)8-6-13/h5-8,15-16H,2,4,9-11H2,1,3H3/t15?,16?,18-/m1/s1. The molecule has 0 saturated carbocycles. The number of carbonyl (C=O) groups excluding carboxylic acids is 1. The van der Waals surface area contributed by atoms with Gasteiger partial charge in [-0.15, -0.1) is 0 Å². The van der Waals surface area contributed by atoms with Gasteiger partial charge in [-0.3, -0.25) is 0 Å². The van der Waals surface area contributed by atoms with Crippen molar-refractivity contribution >= 4 is 5.97 Å². The van der Waals surface area contributed by atoms with Crippen molar-refractivity contribution < 1.29 is 23.7 Å². The van der Waals surface area contributed by atoms with Crippen molar-refractivity contribution in [3.63, 3.8) is 0 Å². The van der Waals surface area contributed by atoms with Gasteiger partial charge in [0, 0.05) is 12.8 Å². The SMILES string of the molecule is C=C(C(=O)OCC)[C@]12CC(c3ccc(OC)cc3)OC1CCO2. The van der Waals surface area contributed by atoms with Gasteiger partial charge in [-0.05, 0) is 24.6 Å². The molecule has 2 heterocycles. The van der Waals surface area contributed by atoms with Gasteiger partial charge in [-0.1, -0.05) is 18.7 Å². The summed E-state index contributed by atoms with van der Waals surface area (Å²) in [5.74, 6) is 0.396. The van der Waals surface area contributed by atoms with Gasteiger partial charge in [0.15, 0.2) is 0 Å². The molecule has 0 amide bonds. The number of rotatable bonds is 5. The van der Waals surface area contributed by atoms with E-state index in [1.807, 2.05) is 24.3 Å². The number of esters is 1. The molecule has 0 radical (unpaired) electrons. The van der Waals surface area contributed by atoms with E-state index >= 15 is 0 Å². The fraction of sp³-hybridized carbons (Fsp3) is 0.500. The molecule has 2 aliphatic rings. The third-order valence-corrected chi connectivity index (χ3v) is 4.60. The Balaban J connectivity index is 1.81. The molecule has 1 aromatic carbocycles. The molecule has 5 nitrogen and oxygen atoms in total. The van der Waals surface area contributed by atoms with Gasteiger partial charge < -0.3 is 18.9 Å². The number of fused-ring (bicyclic) bond motifs is 1. The van der Waals surface area contributed by atoms with E-state index < -0.39 is 11.6 Å². The fourth-order valence-electron chi connectivity index (χ4n) is 3.37. The molecule has 5 heteroatoms. The van der Waals surface area contributed by atoms with Crippen LogP contribution in [0, 0.1) is 0 Å². The van der Waals surface area contributed by atoms with Gasteiger partial charge in [-0.25, -0.2) is 4.79 Å². The van der Waals surface area contributed by atoms with E-state index in [1.54, 1.807) is 14.0 Å². The lowest BCUT2D eigenvalue weighted by Gasteiger charge is -2.27. The molecule has 0 aromatic heterocycles. The first-order valence-corrected chi connectivity index (χ1v) is 7.90. The monoisotopic (exact) mass is 318 g/mol. The minimum atomic E-state index is -0.767. The molecule has 124 valence electrons. The fourth-order valence-corrected chi connectivity index (χ4v) is 3.37. The van der Waals surface area contributed by atoms with Gasteiger partial charge in [0.1, 0.15) is 11.4 Å². The molecule has 2 fully saturated rings. The van der Waals surface area contributed by atoms with Gasteiger partial charge >= 0.3 is 5.97 Å². The molecular weight excluding hydrogens is 296 g/mol. The van der Waals surface area contributed by atoms with E-state index in [1.165, 1.54) is 0 Å². The van der Waals surface area contributed by atoms with Crippen molar-refractivity contribution in [1.82, 2.24) is 0 Å². The highest BCUT2D eigenvalue weighted by Gasteiger charge is 2.56. The summed E-state index contributed by atoms with van der Waals surface area (Å²) in [5.41, 5.74) is 0.634. The first-order chi connectivity index (χ1) is 11.1. The summed E-state index contributed by atoms with van der Waals surface area (Å²) in [6.07, 6.45) is 1.04. The third kappa shape index (κ3) is 2.75. The minimum absolute atomic E-state index is 0.127. The Labute approximate surface area is 136 Å². The first-order valence-electron chi connectivity index (χ1n) is 7.90. The third-order valence-electron chi connectivity index (χ3n) is 4.60. The summed E-state index contributed by atoms with van der Waals surface area (Å²) >= 11 is 0. The smallest absolute Gasteiger partial charge is 0.336 e. The largest absolute Gasteiger partial charge is 0.497 e. The van der Waals surface area contributed by atoms with Gasteiger partial charge in [-0.2, -0.15) is 0 Å². The zero-order chi connectivity index (χ0) is 16.4. The number of benzene rings is 1. The van der Waals surface area contributed by atoms with Crippen LogP contribution >= 0.6 is 0 Å². The van der Waals surface area contributed by atoms with Crippen LogP contribution in [0.4, 0.5) is 0 Å². The molecule has 0 spiro atoms. The molecule has 3 atom stereocenters. The highest BCUT2D eigenvalue weighted by Crippen LogP contribution is 2.50. The summed E-state index contributed by atoms with van der Waals surface area (Å²) in [4.78, 5) is 12.1. The second kappa shape index (κ2) is 6.34. The van der Waals surface area contributed by atoms with Crippen molar-refractivity contribution in [1.29, 1.82) is 0 Å². The van der Waals surface area contributed by atoms with Crippen LogP contribution in [0.5, 0.6) is 5.75 Å². The van der Waals surface area contributed by atoms with Crippen LogP contribution in [-0.2, 0) is 19.0 Å². The summed E-state index contributed by atoms with van der Waals surface area (Å²) < 4.78 is 22.4. The second-order valence-electron chi connectivity index (χ2n) is 5.82. The van der Waals surface area contributed by atoms with E-state index in [9.17, 15) is 4.79 Å². The predicted octanol–water partition coefficient (Wildman–Crippen LogP) is 2.80. The number of hydrogen-bond acceptors (Lipinski definition) is 5. The number of ether oxygens (including phenoxy) is 4. The van der Waals surface area contributed by atoms with Crippen molar-refractivity contribution in [3.8, 4) is 5.75 Å². The summed E-state index contributed by atoms with van der Waals surface area (Å²) in [6, 6.07) is 7.76. The molecule has 23 heavy (non-hydrogen) atoms. The Hall–Kier alpha value is -1.85. The quantitative estimate of drug-likeness (QED) is 0.617. The maximum Gasteiger partial charge on any atom is 0.336 e. The van der Waals surface area contributed by atoms with Crippen LogP contribution < -0.4 is 4.74 Å². The first kappa shape index (κ1) is 16.0. The van der Waals surface area contributed by atoms with Crippen molar-refractivity contribution in [2.45, 2.75) is 37.6 Å². The molecule has 0 bridgehead atoms. The van der Waals surface area contributed by atoms with Crippen molar-refractivity contribution in [3.05, 3.63) is 42.0 Å². The van der Waals surface area contributed by atoms with Crippen molar-refractivity contribution in [2.75, 3.05) is 20.3 Å². The zero-order valence-electron chi connectivity index (χ0n) is 13.5. The predicted molar refractivity (Wildman–Crippen MR) is 84.3 cm³/mol. The van der Waals surface area contributed by atoms with E-state index in [2.05, 4.69) is 6.58 Å². The average molecular weight is 318 g/mol. The number of hydrogen-bond donors (Lipinski definition) is 0. The Morgan fingerprint density at radius 1 is 1.39 bits per heavy atom. The number of carbonyl (C=O) groups is 1. The number of methoxy groups -OCH3 is 1. The summed E-state index contributed by atoms with van der Waals surface area (Å²) in [5, 5.41) is 0. The topological polar surface area (TPSA) is 54.0 Å². The van der Waals surface area contributed by atoms with E-state index in [0.717, 1.165) is 17.7 Å². The maximum absolute atomic E-state index is 12.1. The molecular formula is C18H22O5. The Morgan fingerprint density at radius 2 is 2.13 bits per heavy atom. The van der Waals surface area contributed by atoms with Crippen LogP contribution in [0.3, 0.4) is 0 Å². The van der Waals surface area contributed by atoms with Gasteiger partial charge in [0.2, 0.25) is 0 Å². The van der Waals surface area contributed by atoms with Gasteiger partial charge in [0.25, 0.3) is 0 Å². The molecule has 2 saturated heterocycles. The molecule has 0 N–H and O–H groups in total. The van der Waals surface area contributed by atoms with Crippen LogP contribution in [0.1, 0.15) is 31.4 Å². The van der Waals surface area contributed by atoms with Crippen LogP contribution in [0.2, 0.25) is 0 Å². The van der Waals surface area contributed by atoms with E-state index in [-0.39, 0.29) is 12.2 Å². The summed E-state index contributed by atoms with van der Waals surface area (Å²) in [7, 11) is 1.64. The normalized spacial score (nSPS) is 29.1. The Morgan fingerprint density at radius 3 is 2.78 bits per heavy atom. The highest BCUT2D eigenvalue weighted by molar-refractivity contribution is 5.90. The molecule has 3 rings (SSSR count). The lowest BCUT2D eigenvalue weighted by atomic mass is 9.85. The van der Waals surface area contributed by atoms with Crippen LogP contribution in [-0.4, -0.2) is 38.0 Å². The second-order valence-corrected chi connectivity index (χ2v) is 5.82. The maximum atomic E-state index is 12.1. The van der Waals surface area contributed by atoms with E-state index in [4.69, 9.17) is 18.9 Å². The van der Waals surface area contributed by atoms with Crippen LogP contribution in [0.15, 0.2) is 36.4 Å². The molecule has 1 aromatic rings. The molecule has 2 unspecified atom stereocenters. The lowest BCUT2D eigenvalue weighted by molar-refractivity contribution is -0.141. The van der Waals surface area contributed by atoms with Crippen molar-refractivity contribution in [2.24, 2.45) is 0 Å². The summed E-state index contributed by atoms with van der Waals surface area (Å²) in [6.45, 7) is 6.61. The zero-order valence-corrected chi connectivity index (χ0v) is 13.5. The average Bonchev–Trinajstić information content (AvgIpc) is 3.12. The lowest BCUT2D eigenvalue weighted by Crippen LogP contribution is -2.40. The van der Waals surface area contributed by atoms with Crippen LogP contribution in [0.25, 0.3) is 0 Å². The Kier molecular flexibility index (Phi) is 4.41. The highest BCUT2D eigenvalue weighted by atomic mass is 16.6. The Bertz CT molecular complexity index is 594. The molecule has 2 aliphatic heterocycles. The van der Waals surface area contributed by atoms with Gasteiger partial charge in [0.05, 0.1) is 38.1 Å².